The average molecular weight is 217 g/mol. The molecule has 0 spiro atoms. The number of rotatable bonds is 2. The summed E-state index contributed by atoms with van der Waals surface area (Å²) in [5.74, 6) is 0.775. The molecule has 0 aliphatic carbocycles. The predicted octanol–water partition coefficient (Wildman–Crippen LogP) is 2.11. The maximum Gasteiger partial charge on any atom is 0.151 e. The normalized spacial score (nSPS) is 13.6. The van der Waals surface area contributed by atoms with E-state index in [4.69, 9.17) is 0 Å². The number of anilines is 1. The van der Waals surface area contributed by atoms with Crippen LogP contribution in [-0.4, -0.2) is 16.7 Å². The zero-order valence-electron chi connectivity index (χ0n) is 8.76. The van der Waals surface area contributed by atoms with Crippen LogP contribution in [0, 0.1) is 5.82 Å². The van der Waals surface area contributed by atoms with Gasteiger partial charge in [-0.15, -0.1) is 0 Å². The number of nitrogens with one attached hydrogen (secondary N) is 2. The van der Waals surface area contributed by atoms with E-state index in [1.807, 2.05) is 12.1 Å². The highest BCUT2D eigenvalue weighted by Gasteiger charge is 2.17. The number of benzene rings is 1. The minimum atomic E-state index is -0.194. The third-order valence-electron chi connectivity index (χ3n) is 2.91. The van der Waals surface area contributed by atoms with Crippen LogP contribution in [0.15, 0.2) is 24.3 Å². The molecule has 0 radical (unpaired) electrons. The molecule has 16 heavy (non-hydrogen) atoms. The van der Waals surface area contributed by atoms with Crippen LogP contribution in [0.1, 0.15) is 16.8 Å². The number of fused-ring (bicyclic) bond motifs is 1. The van der Waals surface area contributed by atoms with Crippen LogP contribution < -0.4 is 5.32 Å². The second-order valence-electron chi connectivity index (χ2n) is 4.01. The smallest absolute Gasteiger partial charge is 0.151 e. The van der Waals surface area contributed by atoms with Crippen molar-refractivity contribution in [3.05, 3.63) is 46.9 Å². The summed E-state index contributed by atoms with van der Waals surface area (Å²) >= 11 is 0. The Labute approximate surface area is 92.7 Å². The molecule has 0 bridgehead atoms. The van der Waals surface area contributed by atoms with Crippen molar-refractivity contribution in [3.8, 4) is 0 Å². The highest BCUT2D eigenvalue weighted by Crippen LogP contribution is 2.24. The molecule has 1 aromatic carbocycles. The van der Waals surface area contributed by atoms with Crippen LogP contribution in [-0.2, 0) is 12.8 Å². The summed E-state index contributed by atoms with van der Waals surface area (Å²) in [6.45, 7) is 0.961. The Morgan fingerprint density at radius 2 is 2.06 bits per heavy atom. The molecule has 1 aromatic heterocycles. The Balaban J connectivity index is 1.86. The van der Waals surface area contributed by atoms with Gasteiger partial charge in [-0.25, -0.2) is 4.39 Å². The maximum atomic E-state index is 12.8. The summed E-state index contributed by atoms with van der Waals surface area (Å²) in [6.07, 6.45) is 1.80. The largest absolute Gasteiger partial charge is 0.368 e. The number of aromatic amines is 1. The van der Waals surface area contributed by atoms with Crippen molar-refractivity contribution in [1.82, 2.24) is 10.2 Å². The van der Waals surface area contributed by atoms with Gasteiger partial charge < -0.3 is 5.32 Å². The number of aromatic nitrogens is 2. The second kappa shape index (κ2) is 3.63. The lowest BCUT2D eigenvalue weighted by atomic mass is 10.1. The zero-order valence-corrected chi connectivity index (χ0v) is 8.76. The molecule has 2 aromatic rings. The van der Waals surface area contributed by atoms with E-state index in [0.717, 1.165) is 36.5 Å². The molecule has 0 amide bonds. The van der Waals surface area contributed by atoms with Crippen LogP contribution >= 0.6 is 0 Å². The summed E-state index contributed by atoms with van der Waals surface area (Å²) in [7, 11) is 0. The van der Waals surface area contributed by atoms with Crippen LogP contribution in [0.2, 0.25) is 0 Å². The highest BCUT2D eigenvalue weighted by molar-refractivity contribution is 5.52. The van der Waals surface area contributed by atoms with E-state index in [1.165, 1.54) is 17.7 Å². The van der Waals surface area contributed by atoms with Gasteiger partial charge in [0.05, 0.1) is 0 Å². The summed E-state index contributed by atoms with van der Waals surface area (Å²) in [6, 6.07) is 6.60. The molecule has 4 heteroatoms. The van der Waals surface area contributed by atoms with E-state index in [2.05, 4.69) is 15.5 Å². The fraction of sp³-hybridized carbons (Fsp3) is 0.250. The molecule has 2 heterocycles. The Kier molecular flexibility index (Phi) is 2.13. The van der Waals surface area contributed by atoms with Crippen molar-refractivity contribution < 1.29 is 4.39 Å². The van der Waals surface area contributed by atoms with Crippen LogP contribution in [0.4, 0.5) is 10.2 Å². The van der Waals surface area contributed by atoms with Gasteiger partial charge in [0.15, 0.2) is 5.82 Å². The lowest BCUT2D eigenvalue weighted by Crippen LogP contribution is -1.97. The Morgan fingerprint density at radius 1 is 1.25 bits per heavy atom. The first kappa shape index (κ1) is 9.39. The molecule has 1 aliphatic rings. The molecule has 82 valence electrons. The molecule has 0 saturated carbocycles. The minimum absolute atomic E-state index is 0.194. The summed E-state index contributed by atoms with van der Waals surface area (Å²) in [5.41, 5.74) is 3.50. The standard InChI is InChI=1S/C12H12FN3/c13-9-3-1-8(2-4-9)7-11-10-5-6-14-12(10)16-15-11/h1-4H,5-7H2,(H2,14,15,16). The molecule has 2 N–H and O–H groups in total. The monoisotopic (exact) mass is 217 g/mol. The van der Waals surface area contributed by atoms with Gasteiger partial charge in [-0.3, -0.25) is 5.10 Å². The van der Waals surface area contributed by atoms with Gasteiger partial charge in [-0.2, -0.15) is 5.10 Å². The molecule has 0 saturated heterocycles. The van der Waals surface area contributed by atoms with Gasteiger partial charge in [0.1, 0.15) is 5.82 Å². The Bertz CT molecular complexity index is 501. The summed E-state index contributed by atoms with van der Waals surface area (Å²) < 4.78 is 12.8. The van der Waals surface area contributed by atoms with E-state index in [1.54, 1.807) is 0 Å². The van der Waals surface area contributed by atoms with Gasteiger partial charge in [-0.05, 0) is 24.1 Å². The molecule has 3 nitrogen and oxygen atoms in total. The van der Waals surface area contributed by atoms with Crippen molar-refractivity contribution in [1.29, 1.82) is 0 Å². The molecule has 0 fully saturated rings. The van der Waals surface area contributed by atoms with Crippen molar-refractivity contribution in [2.75, 3.05) is 11.9 Å². The fourth-order valence-electron chi connectivity index (χ4n) is 2.08. The zero-order chi connectivity index (χ0) is 11.0. The Hall–Kier alpha value is -1.84. The van der Waals surface area contributed by atoms with Crippen LogP contribution in [0.3, 0.4) is 0 Å². The van der Waals surface area contributed by atoms with E-state index in [-0.39, 0.29) is 5.82 Å². The van der Waals surface area contributed by atoms with E-state index < -0.39 is 0 Å². The van der Waals surface area contributed by atoms with Gasteiger partial charge >= 0.3 is 0 Å². The van der Waals surface area contributed by atoms with Gasteiger partial charge in [-0.1, -0.05) is 12.1 Å². The third kappa shape index (κ3) is 1.56. The van der Waals surface area contributed by atoms with Crippen LogP contribution in [0.25, 0.3) is 0 Å². The van der Waals surface area contributed by atoms with Gasteiger partial charge in [0.25, 0.3) is 0 Å². The van der Waals surface area contributed by atoms with Crippen molar-refractivity contribution in [2.45, 2.75) is 12.8 Å². The van der Waals surface area contributed by atoms with Crippen LogP contribution in [0.5, 0.6) is 0 Å². The van der Waals surface area contributed by atoms with Crippen molar-refractivity contribution in [2.24, 2.45) is 0 Å². The SMILES string of the molecule is Fc1ccc(Cc2[nH]nc3c2CCN3)cc1. The number of hydrogen-bond donors (Lipinski definition) is 2. The summed E-state index contributed by atoms with van der Waals surface area (Å²) in [5, 5.41) is 10.4. The van der Waals surface area contributed by atoms with Gasteiger partial charge in [0, 0.05) is 24.2 Å². The second-order valence-corrected chi connectivity index (χ2v) is 4.01. The predicted molar refractivity (Wildman–Crippen MR) is 60.0 cm³/mol. The van der Waals surface area contributed by atoms with E-state index in [9.17, 15) is 4.39 Å². The molecule has 1 aliphatic heterocycles. The van der Waals surface area contributed by atoms with Crippen molar-refractivity contribution >= 4 is 5.82 Å². The quantitative estimate of drug-likeness (QED) is 0.808. The topological polar surface area (TPSA) is 40.7 Å². The minimum Gasteiger partial charge on any atom is -0.368 e. The molecular weight excluding hydrogens is 205 g/mol. The number of nitrogens with zero attached hydrogens (tertiary/aromatic N) is 1. The summed E-state index contributed by atoms with van der Waals surface area (Å²) in [4.78, 5) is 0. The number of hydrogen-bond acceptors (Lipinski definition) is 2. The van der Waals surface area contributed by atoms with Crippen molar-refractivity contribution in [3.63, 3.8) is 0 Å². The number of H-pyrrole nitrogens is 1. The number of halogens is 1. The molecule has 0 unspecified atom stereocenters. The molecule has 3 rings (SSSR count). The maximum absolute atomic E-state index is 12.8. The molecular formula is C12H12FN3. The first-order valence-electron chi connectivity index (χ1n) is 5.37. The van der Waals surface area contributed by atoms with E-state index >= 15 is 0 Å². The lowest BCUT2D eigenvalue weighted by Gasteiger charge is -2.00. The first-order chi connectivity index (χ1) is 7.83. The fourth-order valence-corrected chi connectivity index (χ4v) is 2.08. The first-order valence-corrected chi connectivity index (χ1v) is 5.37. The van der Waals surface area contributed by atoms with E-state index in [0.29, 0.717) is 0 Å². The highest BCUT2D eigenvalue weighted by atomic mass is 19.1. The third-order valence-corrected chi connectivity index (χ3v) is 2.91. The molecule has 0 atom stereocenters. The van der Waals surface area contributed by atoms with Gasteiger partial charge in [0.2, 0.25) is 0 Å². The average Bonchev–Trinajstić information content (AvgIpc) is 2.86. The Morgan fingerprint density at radius 3 is 2.88 bits per heavy atom. The lowest BCUT2D eigenvalue weighted by molar-refractivity contribution is 0.627.